The van der Waals surface area contributed by atoms with Crippen molar-refractivity contribution in [3.63, 3.8) is 0 Å². The zero-order valence-electron chi connectivity index (χ0n) is 17.5. The van der Waals surface area contributed by atoms with E-state index >= 15 is 0 Å². The summed E-state index contributed by atoms with van der Waals surface area (Å²) in [6.45, 7) is 3.59. The number of aromatic hydroxyl groups is 1. The molecule has 0 bridgehead atoms. The molecule has 2 aromatic heterocycles. The summed E-state index contributed by atoms with van der Waals surface area (Å²) in [6, 6.07) is 14.7. The monoisotopic (exact) mass is 436 g/mol. The van der Waals surface area contributed by atoms with Crippen LogP contribution in [0.15, 0.2) is 54.6 Å². The largest absolute Gasteiger partial charge is 0.508 e. The van der Waals surface area contributed by atoms with Crippen LogP contribution in [0.4, 0.5) is 4.39 Å². The zero-order chi connectivity index (χ0) is 22.8. The molecule has 2 N–H and O–H groups in total. The van der Waals surface area contributed by atoms with E-state index in [2.05, 4.69) is 4.98 Å². The Morgan fingerprint density at radius 3 is 2.56 bits per heavy atom. The molecule has 32 heavy (non-hydrogen) atoms. The average Bonchev–Trinajstić information content (AvgIpc) is 3.00. The van der Waals surface area contributed by atoms with E-state index in [1.165, 1.54) is 18.2 Å². The van der Waals surface area contributed by atoms with Crippen LogP contribution in [0, 0.1) is 19.8 Å². The summed E-state index contributed by atoms with van der Waals surface area (Å²) in [7, 11) is 0. The molecule has 0 unspecified atom stereocenters. The summed E-state index contributed by atoms with van der Waals surface area (Å²) in [6.07, 6.45) is 0. The third-order valence-electron chi connectivity index (χ3n) is 5.08. The predicted octanol–water partition coefficient (Wildman–Crippen LogP) is 4.80. The van der Waals surface area contributed by atoms with Gasteiger partial charge in [0.15, 0.2) is 12.4 Å². The van der Waals surface area contributed by atoms with Crippen molar-refractivity contribution >= 4 is 17.0 Å². The number of carboxylic acids is 1. The van der Waals surface area contributed by atoms with Gasteiger partial charge in [-0.3, -0.25) is 0 Å². The van der Waals surface area contributed by atoms with Crippen molar-refractivity contribution in [2.75, 3.05) is 6.61 Å². The van der Waals surface area contributed by atoms with Crippen LogP contribution < -0.4 is 9.47 Å². The van der Waals surface area contributed by atoms with Gasteiger partial charge in [0.1, 0.15) is 22.9 Å². The molecule has 0 radical (unpaired) electrons. The van der Waals surface area contributed by atoms with E-state index in [0.717, 1.165) is 16.8 Å². The minimum Gasteiger partial charge on any atom is -0.508 e. The van der Waals surface area contributed by atoms with Gasteiger partial charge in [-0.25, -0.2) is 9.78 Å². The number of halogens is 1. The Morgan fingerprint density at radius 2 is 1.84 bits per heavy atom. The van der Waals surface area contributed by atoms with E-state index in [0.29, 0.717) is 34.8 Å². The first-order chi connectivity index (χ1) is 15.3. The van der Waals surface area contributed by atoms with Crippen molar-refractivity contribution in [1.82, 2.24) is 9.55 Å². The topological polar surface area (TPSA) is 93.8 Å². The number of rotatable bonds is 7. The molecule has 164 valence electrons. The van der Waals surface area contributed by atoms with Crippen molar-refractivity contribution < 1.29 is 28.9 Å². The second kappa shape index (κ2) is 8.58. The first kappa shape index (κ1) is 21.2. The van der Waals surface area contributed by atoms with E-state index in [4.69, 9.17) is 14.6 Å². The van der Waals surface area contributed by atoms with Crippen molar-refractivity contribution in [1.29, 1.82) is 0 Å². The molecule has 0 amide bonds. The molecule has 0 saturated carbocycles. The van der Waals surface area contributed by atoms with Crippen LogP contribution in [0.2, 0.25) is 0 Å². The molecule has 7 nitrogen and oxygen atoms in total. The van der Waals surface area contributed by atoms with Crippen LogP contribution >= 0.6 is 0 Å². The lowest BCUT2D eigenvalue weighted by atomic mass is 10.1. The summed E-state index contributed by atoms with van der Waals surface area (Å²) in [5, 5.41) is 19.0. The highest BCUT2D eigenvalue weighted by molar-refractivity contribution is 5.86. The number of fused-ring (bicyclic) bond motifs is 1. The maximum atomic E-state index is 14.0. The fourth-order valence-corrected chi connectivity index (χ4v) is 3.46. The Bertz CT molecular complexity index is 1300. The molecule has 0 fully saturated rings. The average molecular weight is 436 g/mol. The summed E-state index contributed by atoms with van der Waals surface area (Å²) >= 11 is 0. The molecular formula is C24H21FN2O5. The van der Waals surface area contributed by atoms with Crippen molar-refractivity contribution in [2.45, 2.75) is 20.4 Å². The third kappa shape index (κ3) is 4.34. The zero-order valence-corrected chi connectivity index (χ0v) is 17.5. The van der Waals surface area contributed by atoms with Gasteiger partial charge in [0.25, 0.3) is 0 Å². The smallest absolute Gasteiger partial charge is 0.341 e. The molecule has 4 aromatic rings. The van der Waals surface area contributed by atoms with Gasteiger partial charge in [-0.1, -0.05) is 12.1 Å². The van der Waals surface area contributed by atoms with E-state index in [1.807, 2.05) is 30.5 Å². The molecule has 0 aliphatic carbocycles. The van der Waals surface area contributed by atoms with Gasteiger partial charge in [0.05, 0.1) is 11.1 Å². The van der Waals surface area contributed by atoms with Gasteiger partial charge in [-0.05, 0) is 67.4 Å². The first-order valence-corrected chi connectivity index (χ1v) is 9.88. The molecule has 2 heterocycles. The standard InChI is InChI=1S/C24H21FN2O5/c1-14-3-4-16(11-20(14)31-13-22(29)30)12-27-15(2)23(19-9-10-21(25)26-24(19)27)32-18-7-5-17(28)6-8-18/h3-11,28H,12-13H2,1-2H3,(H,29,30). The number of benzene rings is 2. The highest BCUT2D eigenvalue weighted by atomic mass is 19.1. The summed E-state index contributed by atoms with van der Waals surface area (Å²) in [5.41, 5.74) is 2.80. The van der Waals surface area contributed by atoms with Gasteiger partial charge >= 0.3 is 5.97 Å². The van der Waals surface area contributed by atoms with E-state index < -0.39 is 18.5 Å². The fourth-order valence-electron chi connectivity index (χ4n) is 3.46. The molecular weight excluding hydrogens is 415 g/mol. The Labute approximate surface area is 183 Å². The Morgan fingerprint density at radius 1 is 1.09 bits per heavy atom. The molecule has 2 aromatic carbocycles. The number of pyridine rings is 1. The van der Waals surface area contributed by atoms with Crippen LogP contribution in [0.5, 0.6) is 23.0 Å². The molecule has 0 atom stereocenters. The van der Waals surface area contributed by atoms with Gasteiger partial charge in [0, 0.05) is 6.54 Å². The lowest BCUT2D eigenvalue weighted by Crippen LogP contribution is -2.10. The van der Waals surface area contributed by atoms with Gasteiger partial charge in [-0.2, -0.15) is 4.39 Å². The van der Waals surface area contributed by atoms with Gasteiger partial charge < -0.3 is 24.3 Å². The SMILES string of the molecule is Cc1ccc(Cn2c(C)c(Oc3ccc(O)cc3)c3ccc(F)nc32)cc1OCC(=O)O. The number of phenolic OH excluding ortho intramolecular Hbond substituents is 1. The number of phenols is 1. The first-order valence-electron chi connectivity index (χ1n) is 9.88. The summed E-state index contributed by atoms with van der Waals surface area (Å²) < 4.78 is 27.3. The van der Waals surface area contributed by atoms with Crippen molar-refractivity contribution in [3.8, 4) is 23.0 Å². The number of carbonyl (C=O) groups is 1. The fraction of sp³-hybridized carbons (Fsp3) is 0.167. The van der Waals surface area contributed by atoms with Crippen LogP contribution in [0.25, 0.3) is 11.0 Å². The van der Waals surface area contributed by atoms with Crippen LogP contribution in [0.1, 0.15) is 16.8 Å². The number of hydrogen-bond donors (Lipinski definition) is 2. The Balaban J connectivity index is 1.73. The number of nitrogens with zero attached hydrogens (tertiary/aromatic N) is 2. The van der Waals surface area contributed by atoms with Crippen molar-refractivity contribution in [2.24, 2.45) is 0 Å². The maximum absolute atomic E-state index is 14.0. The second-order valence-electron chi connectivity index (χ2n) is 7.38. The lowest BCUT2D eigenvalue weighted by molar-refractivity contribution is -0.139. The van der Waals surface area contributed by atoms with Gasteiger partial charge in [0.2, 0.25) is 5.95 Å². The molecule has 4 rings (SSSR count). The number of hydrogen-bond acceptors (Lipinski definition) is 5. The number of aliphatic carboxylic acids is 1. The second-order valence-corrected chi connectivity index (χ2v) is 7.38. The summed E-state index contributed by atoms with van der Waals surface area (Å²) in [5.74, 6) is -0.0135. The molecule has 0 spiro atoms. The van der Waals surface area contributed by atoms with E-state index in [-0.39, 0.29) is 5.75 Å². The highest BCUT2D eigenvalue weighted by Crippen LogP contribution is 2.36. The highest BCUT2D eigenvalue weighted by Gasteiger charge is 2.19. The number of aromatic nitrogens is 2. The number of ether oxygens (including phenoxy) is 2. The van der Waals surface area contributed by atoms with E-state index in [9.17, 15) is 14.3 Å². The van der Waals surface area contributed by atoms with E-state index in [1.54, 1.807) is 24.3 Å². The minimum absolute atomic E-state index is 0.125. The van der Waals surface area contributed by atoms with Gasteiger partial charge in [-0.15, -0.1) is 0 Å². The third-order valence-corrected chi connectivity index (χ3v) is 5.08. The molecule has 0 aliphatic rings. The Hall–Kier alpha value is -4.07. The number of carboxylic acid groups (broad SMARTS) is 1. The Kier molecular flexibility index (Phi) is 5.68. The van der Waals surface area contributed by atoms with Crippen molar-refractivity contribution in [3.05, 3.63) is 77.4 Å². The minimum atomic E-state index is -1.06. The normalized spacial score (nSPS) is 11.0. The lowest BCUT2D eigenvalue weighted by Gasteiger charge is -2.12. The molecule has 8 heteroatoms. The van der Waals surface area contributed by atoms with Crippen LogP contribution in [-0.2, 0) is 11.3 Å². The maximum Gasteiger partial charge on any atom is 0.341 e. The summed E-state index contributed by atoms with van der Waals surface area (Å²) in [4.78, 5) is 14.9. The quantitative estimate of drug-likeness (QED) is 0.404. The number of aryl methyl sites for hydroxylation is 1. The van der Waals surface area contributed by atoms with Crippen LogP contribution in [0.3, 0.4) is 0 Å². The predicted molar refractivity (Wildman–Crippen MR) is 116 cm³/mol. The molecule has 0 aliphatic heterocycles. The molecule has 0 saturated heterocycles. The van der Waals surface area contributed by atoms with Crippen LogP contribution in [-0.4, -0.2) is 32.3 Å².